The van der Waals surface area contributed by atoms with Gasteiger partial charge in [0, 0.05) is 68.7 Å². The van der Waals surface area contributed by atoms with E-state index in [2.05, 4.69) is 11.8 Å². The molecule has 0 radical (unpaired) electrons. The van der Waals surface area contributed by atoms with E-state index in [1.165, 1.54) is 0 Å². The molecule has 2 unspecified atom stereocenters. The zero-order valence-corrected chi connectivity index (χ0v) is 17.5. The summed E-state index contributed by atoms with van der Waals surface area (Å²) in [4.78, 5) is 2.46. The predicted molar refractivity (Wildman–Crippen MR) is 101 cm³/mol. The SMILES string of the molecule is CCN1C[C@]23O[C@H]2C[C@H](O)[C@]24C1[C@H](C[C@H]32)[C@@]1(O)C[C@H](OC)C2C[C@@H]4[C@]1(O)[C@H]2OC. The Morgan fingerprint density at radius 3 is 2.59 bits per heavy atom. The van der Waals surface area contributed by atoms with Crippen molar-refractivity contribution in [3.05, 3.63) is 0 Å². The van der Waals surface area contributed by atoms with Gasteiger partial charge in [0.15, 0.2) is 0 Å². The molecule has 13 atom stereocenters. The van der Waals surface area contributed by atoms with Crippen LogP contribution in [0.15, 0.2) is 0 Å². The standard InChI is InChI=1S/C22H33NO6/c1-4-23-9-19-13-6-11-17(23)21(13,15(24)7-16(19)29-19)14-5-10-12(27-2)8-20(11,25)22(14,26)18(10)28-3/h10-18,24-26H,4-9H2,1-3H3/t10?,11-,12-,13+,14-,15-,16-,17?,18-,19+,20-,21-,22-/m0/s1. The van der Waals surface area contributed by atoms with E-state index in [-0.39, 0.29) is 47.5 Å². The van der Waals surface area contributed by atoms with Gasteiger partial charge in [-0.2, -0.15) is 0 Å². The molecule has 0 aromatic carbocycles. The van der Waals surface area contributed by atoms with Gasteiger partial charge >= 0.3 is 0 Å². The van der Waals surface area contributed by atoms with Crippen molar-refractivity contribution in [2.75, 3.05) is 27.3 Å². The lowest BCUT2D eigenvalue weighted by molar-refractivity contribution is -0.325. The molecule has 2 spiro atoms. The lowest BCUT2D eigenvalue weighted by Crippen LogP contribution is -2.82. The Balaban J connectivity index is 1.50. The van der Waals surface area contributed by atoms with Crippen LogP contribution in [0, 0.1) is 29.1 Å². The van der Waals surface area contributed by atoms with Gasteiger partial charge < -0.3 is 29.5 Å². The summed E-state index contributed by atoms with van der Waals surface area (Å²) in [6, 6.07) is 0.0745. The number of likely N-dealkylation sites (N-methyl/N-ethyl adjacent to an activating group) is 1. The maximum absolute atomic E-state index is 12.3. The predicted octanol–water partition coefficient (Wildman–Crippen LogP) is -0.239. The van der Waals surface area contributed by atoms with Gasteiger partial charge in [-0.25, -0.2) is 0 Å². The van der Waals surface area contributed by atoms with E-state index < -0.39 is 28.8 Å². The topological polar surface area (TPSA) is 94.9 Å². The number of epoxide rings is 1. The molecule has 7 rings (SSSR count). The number of hydrogen-bond acceptors (Lipinski definition) is 7. The summed E-state index contributed by atoms with van der Waals surface area (Å²) in [5, 5.41) is 36.3. The molecule has 0 aromatic heterocycles. The second-order valence-corrected chi connectivity index (χ2v) is 11.1. The Morgan fingerprint density at radius 2 is 1.90 bits per heavy atom. The fraction of sp³-hybridized carbons (Fsp3) is 1.00. The van der Waals surface area contributed by atoms with Crippen LogP contribution < -0.4 is 0 Å². The molecule has 0 amide bonds. The number of fused-ring (bicyclic) bond motifs is 2. The Labute approximate surface area is 171 Å². The maximum Gasteiger partial charge on any atom is 0.124 e. The fourth-order valence-corrected chi connectivity index (χ4v) is 10.3. The fourth-order valence-electron chi connectivity index (χ4n) is 10.3. The summed E-state index contributed by atoms with van der Waals surface area (Å²) in [6.45, 7) is 3.92. The van der Waals surface area contributed by atoms with Crippen molar-refractivity contribution in [2.24, 2.45) is 29.1 Å². The first-order valence-corrected chi connectivity index (χ1v) is 11.4. The Bertz CT molecular complexity index is 780. The second kappa shape index (κ2) is 5.03. The molecule has 7 heteroatoms. The molecule has 2 saturated heterocycles. The largest absolute Gasteiger partial charge is 0.392 e. The van der Waals surface area contributed by atoms with Crippen LogP contribution >= 0.6 is 0 Å². The van der Waals surface area contributed by atoms with E-state index in [1.807, 2.05) is 0 Å². The molecule has 2 aliphatic heterocycles. The van der Waals surface area contributed by atoms with E-state index in [0.717, 1.165) is 25.9 Å². The van der Waals surface area contributed by atoms with Crippen LogP contribution in [-0.4, -0.2) is 94.8 Å². The quantitative estimate of drug-likeness (QED) is 0.556. The minimum atomic E-state index is -1.35. The summed E-state index contributed by atoms with van der Waals surface area (Å²) in [6.07, 6.45) is 1.62. The third kappa shape index (κ3) is 1.52. The number of nitrogens with zero attached hydrogens (tertiary/aromatic N) is 1. The minimum absolute atomic E-state index is 0.0331. The molecule has 5 saturated carbocycles. The summed E-state index contributed by atoms with van der Waals surface area (Å²) in [7, 11) is 3.34. The van der Waals surface area contributed by atoms with Crippen molar-refractivity contribution < 1.29 is 29.5 Å². The summed E-state index contributed by atoms with van der Waals surface area (Å²) >= 11 is 0. The van der Waals surface area contributed by atoms with Crippen molar-refractivity contribution >= 4 is 0 Å². The lowest BCUT2D eigenvalue weighted by Gasteiger charge is -2.68. The molecule has 7 fully saturated rings. The molecule has 5 aliphatic carbocycles. The third-order valence-electron chi connectivity index (χ3n) is 11.0. The van der Waals surface area contributed by atoms with Crippen molar-refractivity contribution in [1.29, 1.82) is 0 Å². The van der Waals surface area contributed by atoms with E-state index >= 15 is 0 Å². The number of aliphatic hydroxyl groups is 3. The molecule has 2 heterocycles. The van der Waals surface area contributed by atoms with Crippen LogP contribution in [0.25, 0.3) is 0 Å². The lowest BCUT2D eigenvalue weighted by atomic mass is 9.44. The maximum atomic E-state index is 12.3. The van der Waals surface area contributed by atoms with Crippen LogP contribution in [0.2, 0.25) is 0 Å². The highest BCUT2D eigenvalue weighted by Crippen LogP contribution is 2.81. The number of aliphatic hydroxyl groups excluding tert-OH is 1. The van der Waals surface area contributed by atoms with Crippen LogP contribution in [0.5, 0.6) is 0 Å². The van der Waals surface area contributed by atoms with Gasteiger partial charge in [0.05, 0.1) is 24.4 Å². The monoisotopic (exact) mass is 407 g/mol. The molecule has 162 valence electrons. The van der Waals surface area contributed by atoms with Gasteiger partial charge in [0.1, 0.15) is 16.8 Å². The zero-order chi connectivity index (χ0) is 20.1. The Hall–Kier alpha value is -0.280. The molecule has 3 N–H and O–H groups in total. The second-order valence-electron chi connectivity index (χ2n) is 11.1. The van der Waals surface area contributed by atoms with Crippen LogP contribution in [-0.2, 0) is 14.2 Å². The molecule has 29 heavy (non-hydrogen) atoms. The van der Waals surface area contributed by atoms with Gasteiger partial charge in [-0.05, 0) is 19.4 Å². The summed E-state index contributed by atoms with van der Waals surface area (Å²) in [5.41, 5.74) is -3.27. The van der Waals surface area contributed by atoms with Crippen molar-refractivity contribution in [3.8, 4) is 0 Å². The summed E-state index contributed by atoms with van der Waals surface area (Å²) in [5.74, 6) is -0.0940. The zero-order valence-electron chi connectivity index (χ0n) is 17.5. The highest BCUT2D eigenvalue weighted by molar-refractivity contribution is 5.41. The normalized spacial score (nSPS) is 68.7. The number of methoxy groups -OCH3 is 2. The first kappa shape index (κ1) is 18.3. The van der Waals surface area contributed by atoms with Gasteiger partial charge in [0.25, 0.3) is 0 Å². The first-order valence-electron chi connectivity index (χ1n) is 11.4. The van der Waals surface area contributed by atoms with Crippen molar-refractivity contribution in [1.82, 2.24) is 4.90 Å². The number of rotatable bonds is 3. The van der Waals surface area contributed by atoms with E-state index in [4.69, 9.17) is 14.2 Å². The van der Waals surface area contributed by atoms with E-state index in [9.17, 15) is 15.3 Å². The van der Waals surface area contributed by atoms with Crippen LogP contribution in [0.3, 0.4) is 0 Å². The smallest absolute Gasteiger partial charge is 0.124 e. The molecule has 7 nitrogen and oxygen atoms in total. The Morgan fingerprint density at radius 1 is 1.10 bits per heavy atom. The molecule has 7 bridgehead atoms. The van der Waals surface area contributed by atoms with Crippen LogP contribution in [0.4, 0.5) is 0 Å². The number of ether oxygens (including phenoxy) is 3. The number of likely N-dealkylation sites (tertiary alicyclic amines) is 1. The van der Waals surface area contributed by atoms with E-state index in [0.29, 0.717) is 12.8 Å². The van der Waals surface area contributed by atoms with Gasteiger partial charge in [-0.3, -0.25) is 4.90 Å². The average Bonchev–Trinajstić information content (AvgIpc) is 3.19. The Kier molecular flexibility index (Phi) is 3.18. The van der Waals surface area contributed by atoms with E-state index in [1.54, 1.807) is 14.2 Å². The molecule has 7 aliphatic rings. The van der Waals surface area contributed by atoms with Crippen molar-refractivity contribution in [2.45, 2.75) is 79.9 Å². The van der Waals surface area contributed by atoms with Crippen LogP contribution in [0.1, 0.15) is 32.6 Å². The first-order chi connectivity index (χ1) is 13.8. The van der Waals surface area contributed by atoms with Gasteiger partial charge in [-0.1, -0.05) is 6.92 Å². The average molecular weight is 408 g/mol. The highest BCUT2D eigenvalue weighted by Gasteiger charge is 2.91. The highest BCUT2D eigenvalue weighted by atomic mass is 16.6. The molecular formula is C22H33NO6. The van der Waals surface area contributed by atoms with Gasteiger partial charge in [-0.15, -0.1) is 0 Å². The van der Waals surface area contributed by atoms with Crippen molar-refractivity contribution in [3.63, 3.8) is 0 Å². The third-order valence-corrected chi connectivity index (χ3v) is 11.0. The van der Waals surface area contributed by atoms with Gasteiger partial charge in [0.2, 0.25) is 0 Å². The molecular weight excluding hydrogens is 374 g/mol. The summed E-state index contributed by atoms with van der Waals surface area (Å²) < 4.78 is 18.1. The minimum Gasteiger partial charge on any atom is -0.392 e. The number of hydrogen-bond donors (Lipinski definition) is 3. The number of piperidine rings is 1. The molecule has 0 aromatic rings.